The molecule has 0 fully saturated rings. The van der Waals surface area contributed by atoms with Gasteiger partial charge < -0.3 is 10.4 Å². The van der Waals surface area contributed by atoms with Crippen LogP contribution in [0, 0.1) is 0 Å². The zero-order chi connectivity index (χ0) is 15.7. The number of hydrogen-bond donors (Lipinski definition) is 2. The van der Waals surface area contributed by atoms with Gasteiger partial charge in [-0.15, -0.1) is 10.2 Å². The number of rotatable bonds is 2. The third-order valence-corrected chi connectivity index (χ3v) is 3.46. The summed E-state index contributed by atoms with van der Waals surface area (Å²) in [6.07, 6.45) is 0. The Balaban J connectivity index is 1.99. The van der Waals surface area contributed by atoms with Gasteiger partial charge in [0.25, 0.3) is 5.91 Å². The molecular formula is C15H9Cl2N3O2. The number of carbonyl (C=O) groups is 1. The predicted molar refractivity (Wildman–Crippen MR) is 85.6 cm³/mol. The average molecular weight is 334 g/mol. The molecule has 3 aromatic rings. The summed E-state index contributed by atoms with van der Waals surface area (Å²) in [7, 11) is 0. The first-order valence-electron chi connectivity index (χ1n) is 6.26. The second kappa shape index (κ2) is 5.79. The molecule has 1 amide bonds. The lowest BCUT2D eigenvalue weighted by atomic mass is 10.2. The number of nitrogens with one attached hydrogen (secondary N) is 1. The molecular weight excluding hydrogens is 325 g/mol. The second-order valence-corrected chi connectivity index (χ2v) is 5.40. The van der Waals surface area contributed by atoms with Gasteiger partial charge in [0, 0.05) is 21.1 Å². The summed E-state index contributed by atoms with van der Waals surface area (Å²) in [6, 6.07) is 11.4. The second-order valence-electron chi connectivity index (χ2n) is 4.52. The molecule has 2 aromatic carbocycles. The Morgan fingerprint density at radius 1 is 1.05 bits per heavy atom. The molecule has 1 heterocycles. The van der Waals surface area contributed by atoms with Crippen molar-refractivity contribution in [1.29, 1.82) is 0 Å². The lowest BCUT2D eigenvalue weighted by molar-refractivity contribution is 0.101. The molecule has 0 atom stereocenters. The van der Waals surface area contributed by atoms with Crippen molar-refractivity contribution >= 4 is 45.7 Å². The highest BCUT2D eigenvalue weighted by Gasteiger charge is 2.17. The van der Waals surface area contributed by atoms with Crippen molar-refractivity contribution < 1.29 is 9.90 Å². The van der Waals surface area contributed by atoms with Gasteiger partial charge in [0.05, 0.1) is 5.52 Å². The molecule has 2 N–H and O–H groups in total. The van der Waals surface area contributed by atoms with Gasteiger partial charge in [-0.1, -0.05) is 29.3 Å². The minimum atomic E-state index is -0.589. The number of halogens is 2. The van der Waals surface area contributed by atoms with E-state index in [0.29, 0.717) is 26.6 Å². The first-order chi connectivity index (χ1) is 10.5. The minimum Gasteiger partial charge on any atom is -0.505 e. The highest BCUT2D eigenvalue weighted by molar-refractivity contribution is 6.31. The molecule has 0 spiro atoms. The van der Waals surface area contributed by atoms with Gasteiger partial charge in [0.2, 0.25) is 0 Å². The van der Waals surface area contributed by atoms with E-state index in [1.165, 1.54) is 6.07 Å². The fourth-order valence-electron chi connectivity index (χ4n) is 1.97. The van der Waals surface area contributed by atoms with Crippen molar-refractivity contribution in [2.24, 2.45) is 0 Å². The summed E-state index contributed by atoms with van der Waals surface area (Å²) in [5.74, 6) is -0.860. The monoisotopic (exact) mass is 333 g/mol. The predicted octanol–water partition coefficient (Wildman–Crippen LogP) is 3.89. The third-order valence-electron chi connectivity index (χ3n) is 2.99. The smallest absolute Gasteiger partial charge is 0.280 e. The van der Waals surface area contributed by atoms with E-state index in [4.69, 9.17) is 23.2 Å². The van der Waals surface area contributed by atoms with Crippen LogP contribution >= 0.6 is 23.2 Å². The molecule has 0 saturated heterocycles. The summed E-state index contributed by atoms with van der Waals surface area (Å²) in [5, 5.41) is 21.8. The summed E-state index contributed by atoms with van der Waals surface area (Å²) in [4.78, 5) is 12.2. The topological polar surface area (TPSA) is 75.1 Å². The maximum absolute atomic E-state index is 12.2. The van der Waals surface area contributed by atoms with Crippen molar-refractivity contribution in [2.45, 2.75) is 0 Å². The van der Waals surface area contributed by atoms with Crippen molar-refractivity contribution in [3.8, 4) is 5.75 Å². The van der Waals surface area contributed by atoms with Crippen LogP contribution in [0.3, 0.4) is 0 Å². The first kappa shape index (κ1) is 14.6. The third kappa shape index (κ3) is 2.81. The van der Waals surface area contributed by atoms with Crippen LogP contribution in [0.25, 0.3) is 10.9 Å². The molecule has 22 heavy (non-hydrogen) atoms. The molecule has 0 radical (unpaired) electrons. The van der Waals surface area contributed by atoms with Gasteiger partial charge in [-0.25, -0.2) is 0 Å². The molecule has 0 aliphatic heterocycles. The van der Waals surface area contributed by atoms with E-state index in [1.807, 2.05) is 0 Å². The molecule has 0 unspecified atom stereocenters. The number of anilines is 1. The first-order valence-corrected chi connectivity index (χ1v) is 7.02. The van der Waals surface area contributed by atoms with Crippen LogP contribution < -0.4 is 5.32 Å². The Kier molecular flexibility index (Phi) is 3.83. The highest BCUT2D eigenvalue weighted by Crippen LogP contribution is 2.28. The van der Waals surface area contributed by atoms with E-state index in [1.54, 1.807) is 36.4 Å². The van der Waals surface area contributed by atoms with Gasteiger partial charge in [-0.3, -0.25) is 4.79 Å². The quantitative estimate of drug-likeness (QED) is 0.745. The van der Waals surface area contributed by atoms with Crippen LogP contribution in [0.5, 0.6) is 5.75 Å². The number of aromatic nitrogens is 2. The van der Waals surface area contributed by atoms with E-state index < -0.39 is 5.91 Å². The SMILES string of the molecule is O=C(Nc1cccc(Cl)c1)c1nnc2ccc(Cl)cc2c1O. The number of amides is 1. The van der Waals surface area contributed by atoms with E-state index in [0.717, 1.165) is 0 Å². The van der Waals surface area contributed by atoms with E-state index in [9.17, 15) is 9.90 Å². The molecule has 0 bridgehead atoms. The van der Waals surface area contributed by atoms with Crippen LogP contribution in [-0.2, 0) is 0 Å². The number of carbonyl (C=O) groups excluding carboxylic acids is 1. The van der Waals surface area contributed by atoms with Gasteiger partial charge in [0.15, 0.2) is 11.4 Å². The van der Waals surface area contributed by atoms with Crippen molar-refractivity contribution in [1.82, 2.24) is 10.2 Å². The highest BCUT2D eigenvalue weighted by atomic mass is 35.5. The van der Waals surface area contributed by atoms with Gasteiger partial charge in [-0.2, -0.15) is 0 Å². The Labute approximate surface area is 135 Å². The Morgan fingerprint density at radius 3 is 2.59 bits per heavy atom. The molecule has 3 rings (SSSR count). The maximum atomic E-state index is 12.2. The molecule has 7 heteroatoms. The summed E-state index contributed by atoms with van der Waals surface area (Å²) >= 11 is 11.8. The standard InChI is InChI=1S/C15H9Cl2N3O2/c16-8-2-1-3-10(6-8)18-15(22)13-14(21)11-7-9(17)4-5-12(11)19-20-13/h1-7H,(H,18,22)(H,19,21). The lowest BCUT2D eigenvalue weighted by Gasteiger charge is -2.08. The summed E-state index contributed by atoms with van der Waals surface area (Å²) in [6.45, 7) is 0. The van der Waals surface area contributed by atoms with E-state index in [-0.39, 0.29) is 11.4 Å². The van der Waals surface area contributed by atoms with Gasteiger partial charge in [0.1, 0.15) is 0 Å². The molecule has 0 aliphatic rings. The van der Waals surface area contributed by atoms with Crippen LogP contribution in [0.2, 0.25) is 10.0 Å². The zero-order valence-corrected chi connectivity index (χ0v) is 12.6. The largest absolute Gasteiger partial charge is 0.505 e. The number of fused-ring (bicyclic) bond motifs is 1. The fraction of sp³-hybridized carbons (Fsp3) is 0. The lowest BCUT2D eigenvalue weighted by Crippen LogP contribution is -2.14. The van der Waals surface area contributed by atoms with Crippen LogP contribution in [0.4, 0.5) is 5.69 Å². The molecule has 5 nitrogen and oxygen atoms in total. The maximum Gasteiger partial charge on any atom is 0.280 e. The minimum absolute atomic E-state index is 0.185. The Morgan fingerprint density at radius 2 is 1.82 bits per heavy atom. The molecule has 0 saturated carbocycles. The summed E-state index contributed by atoms with van der Waals surface area (Å²) in [5.41, 5.74) is 0.751. The van der Waals surface area contributed by atoms with Crippen molar-refractivity contribution in [3.63, 3.8) is 0 Å². The fourth-order valence-corrected chi connectivity index (χ4v) is 2.34. The van der Waals surface area contributed by atoms with Crippen molar-refractivity contribution in [2.75, 3.05) is 5.32 Å². The molecule has 1 aromatic heterocycles. The van der Waals surface area contributed by atoms with Crippen LogP contribution in [0.15, 0.2) is 42.5 Å². The zero-order valence-electron chi connectivity index (χ0n) is 11.0. The van der Waals surface area contributed by atoms with Crippen LogP contribution in [-0.4, -0.2) is 21.2 Å². The molecule has 0 aliphatic carbocycles. The van der Waals surface area contributed by atoms with Gasteiger partial charge >= 0.3 is 0 Å². The van der Waals surface area contributed by atoms with E-state index >= 15 is 0 Å². The average Bonchev–Trinajstić information content (AvgIpc) is 2.48. The van der Waals surface area contributed by atoms with Crippen molar-refractivity contribution in [3.05, 3.63) is 58.2 Å². The van der Waals surface area contributed by atoms with E-state index in [2.05, 4.69) is 15.5 Å². The van der Waals surface area contributed by atoms with Crippen LogP contribution in [0.1, 0.15) is 10.5 Å². The Bertz CT molecular complexity index is 884. The normalized spacial score (nSPS) is 10.6. The number of aromatic hydroxyl groups is 1. The number of hydrogen-bond acceptors (Lipinski definition) is 4. The number of nitrogens with zero attached hydrogens (tertiary/aromatic N) is 2. The molecule has 110 valence electrons. The van der Waals surface area contributed by atoms with Gasteiger partial charge in [-0.05, 0) is 36.4 Å². The number of benzene rings is 2. The summed E-state index contributed by atoms with van der Waals surface area (Å²) < 4.78 is 0. The Hall–Kier alpha value is -2.37.